The van der Waals surface area contributed by atoms with Crippen LogP contribution in [-0.2, 0) is 14.0 Å². The molecule has 0 aliphatic carbocycles. The van der Waals surface area contributed by atoms with Gasteiger partial charge in [0.15, 0.2) is 8.32 Å². The molecule has 0 aliphatic heterocycles. The second-order valence-electron chi connectivity index (χ2n) is 4.69. The monoisotopic (exact) mass is 216 g/mol. The SMILES string of the molecule is C[C@H](C=O)C(O[Si](C)(C)C)[C@@H](C)C=O. The van der Waals surface area contributed by atoms with Crippen LogP contribution in [0.2, 0.25) is 19.6 Å². The number of carbonyl (C=O) groups excluding carboxylic acids is 2. The van der Waals surface area contributed by atoms with E-state index < -0.39 is 8.32 Å². The summed E-state index contributed by atoms with van der Waals surface area (Å²) in [6.07, 6.45) is 1.44. The lowest BCUT2D eigenvalue weighted by molar-refractivity contribution is -0.118. The van der Waals surface area contributed by atoms with Crippen molar-refractivity contribution in [3.8, 4) is 0 Å². The Morgan fingerprint density at radius 1 is 1.00 bits per heavy atom. The lowest BCUT2D eigenvalue weighted by Crippen LogP contribution is -2.40. The summed E-state index contributed by atoms with van der Waals surface area (Å²) in [5, 5.41) is 0. The highest BCUT2D eigenvalue weighted by Crippen LogP contribution is 2.19. The zero-order valence-electron chi connectivity index (χ0n) is 9.61. The second kappa shape index (κ2) is 5.41. The van der Waals surface area contributed by atoms with Gasteiger partial charge < -0.3 is 14.0 Å². The van der Waals surface area contributed by atoms with Crippen molar-refractivity contribution in [3.05, 3.63) is 0 Å². The van der Waals surface area contributed by atoms with Gasteiger partial charge in [0.2, 0.25) is 0 Å². The minimum absolute atomic E-state index is 0.220. The lowest BCUT2D eigenvalue weighted by Gasteiger charge is -2.30. The van der Waals surface area contributed by atoms with E-state index in [1.165, 1.54) is 0 Å². The maximum Gasteiger partial charge on any atom is 0.184 e. The number of hydrogen-bond donors (Lipinski definition) is 0. The minimum atomic E-state index is -1.70. The Balaban J connectivity index is 4.55. The maximum absolute atomic E-state index is 10.7. The quantitative estimate of drug-likeness (QED) is 0.503. The molecule has 0 fully saturated rings. The lowest BCUT2D eigenvalue weighted by atomic mass is 9.96. The van der Waals surface area contributed by atoms with Crippen LogP contribution in [0.15, 0.2) is 0 Å². The van der Waals surface area contributed by atoms with E-state index in [1.54, 1.807) is 13.8 Å². The van der Waals surface area contributed by atoms with E-state index in [0.29, 0.717) is 0 Å². The zero-order chi connectivity index (χ0) is 11.4. The van der Waals surface area contributed by atoms with E-state index in [0.717, 1.165) is 12.6 Å². The third kappa shape index (κ3) is 4.67. The molecular formula is C10H20O3Si. The summed E-state index contributed by atoms with van der Waals surface area (Å²) < 4.78 is 5.82. The van der Waals surface area contributed by atoms with Crippen LogP contribution in [0, 0.1) is 11.8 Å². The van der Waals surface area contributed by atoms with Crippen LogP contribution in [-0.4, -0.2) is 27.0 Å². The topological polar surface area (TPSA) is 43.4 Å². The first-order chi connectivity index (χ1) is 6.31. The predicted molar refractivity (Wildman–Crippen MR) is 58.7 cm³/mol. The Kier molecular flexibility index (Phi) is 5.22. The summed E-state index contributed by atoms with van der Waals surface area (Å²) in [6, 6.07) is 0. The van der Waals surface area contributed by atoms with Crippen molar-refractivity contribution in [2.24, 2.45) is 11.8 Å². The van der Waals surface area contributed by atoms with Crippen molar-refractivity contribution in [1.82, 2.24) is 0 Å². The molecule has 0 bridgehead atoms. The van der Waals surface area contributed by atoms with Gasteiger partial charge in [-0.05, 0) is 19.6 Å². The average Bonchev–Trinajstić information content (AvgIpc) is 2.10. The summed E-state index contributed by atoms with van der Waals surface area (Å²) in [7, 11) is -1.70. The van der Waals surface area contributed by atoms with Gasteiger partial charge in [0.1, 0.15) is 12.6 Å². The van der Waals surface area contributed by atoms with E-state index in [4.69, 9.17) is 4.43 Å². The third-order valence-electron chi connectivity index (χ3n) is 1.96. The van der Waals surface area contributed by atoms with Crippen molar-refractivity contribution in [2.75, 3.05) is 0 Å². The Morgan fingerprint density at radius 3 is 1.57 bits per heavy atom. The highest BCUT2D eigenvalue weighted by molar-refractivity contribution is 6.69. The van der Waals surface area contributed by atoms with Crippen molar-refractivity contribution in [1.29, 1.82) is 0 Å². The molecular weight excluding hydrogens is 196 g/mol. The summed E-state index contributed by atoms with van der Waals surface area (Å²) in [5.41, 5.74) is 0. The molecule has 14 heavy (non-hydrogen) atoms. The van der Waals surface area contributed by atoms with Gasteiger partial charge in [0.05, 0.1) is 6.10 Å². The molecule has 3 atom stereocenters. The van der Waals surface area contributed by atoms with Gasteiger partial charge in [-0.15, -0.1) is 0 Å². The van der Waals surface area contributed by atoms with E-state index in [2.05, 4.69) is 19.6 Å². The van der Waals surface area contributed by atoms with Crippen LogP contribution in [0.25, 0.3) is 0 Å². The predicted octanol–water partition coefficient (Wildman–Crippen LogP) is 1.88. The first-order valence-corrected chi connectivity index (χ1v) is 8.31. The summed E-state index contributed by atoms with van der Waals surface area (Å²) in [6.45, 7) is 9.73. The standard InChI is InChI=1S/C10H20O3Si/c1-8(6-11)10(9(2)7-12)13-14(3,4)5/h6-10H,1-5H3/t8-,9+,10?. The zero-order valence-corrected chi connectivity index (χ0v) is 10.6. The molecule has 0 aromatic heterocycles. The Morgan fingerprint density at radius 2 is 1.36 bits per heavy atom. The summed E-state index contributed by atoms with van der Waals surface area (Å²) >= 11 is 0. The molecule has 0 aromatic rings. The van der Waals surface area contributed by atoms with Gasteiger partial charge >= 0.3 is 0 Å². The van der Waals surface area contributed by atoms with Crippen LogP contribution in [0.1, 0.15) is 13.8 Å². The fourth-order valence-corrected chi connectivity index (χ4v) is 2.50. The third-order valence-corrected chi connectivity index (χ3v) is 2.93. The van der Waals surface area contributed by atoms with E-state index in [-0.39, 0.29) is 17.9 Å². The first kappa shape index (κ1) is 13.5. The normalized spacial score (nSPS) is 18.4. The van der Waals surface area contributed by atoms with Crippen molar-refractivity contribution in [3.63, 3.8) is 0 Å². The van der Waals surface area contributed by atoms with E-state index in [1.807, 2.05) is 0 Å². The van der Waals surface area contributed by atoms with Gasteiger partial charge in [0.25, 0.3) is 0 Å². The van der Waals surface area contributed by atoms with Crippen LogP contribution < -0.4 is 0 Å². The van der Waals surface area contributed by atoms with Gasteiger partial charge in [-0.3, -0.25) is 0 Å². The van der Waals surface area contributed by atoms with E-state index in [9.17, 15) is 9.59 Å². The van der Waals surface area contributed by atoms with Gasteiger partial charge in [-0.1, -0.05) is 13.8 Å². The number of carbonyl (C=O) groups is 2. The number of hydrogen-bond acceptors (Lipinski definition) is 3. The molecule has 4 heteroatoms. The molecule has 0 heterocycles. The molecule has 0 aromatic carbocycles. The second-order valence-corrected chi connectivity index (χ2v) is 9.15. The highest BCUT2D eigenvalue weighted by Gasteiger charge is 2.29. The number of aldehydes is 2. The number of rotatable bonds is 6. The summed E-state index contributed by atoms with van der Waals surface area (Å²) in [4.78, 5) is 21.3. The Labute approximate surface area is 87.0 Å². The van der Waals surface area contributed by atoms with Gasteiger partial charge in [-0.2, -0.15) is 0 Å². The molecule has 82 valence electrons. The Bertz CT molecular complexity index is 184. The molecule has 0 amide bonds. The van der Waals surface area contributed by atoms with Gasteiger partial charge in [0, 0.05) is 11.8 Å². The fourth-order valence-electron chi connectivity index (χ4n) is 1.26. The van der Waals surface area contributed by atoms with Crippen molar-refractivity contribution >= 4 is 20.9 Å². The first-order valence-electron chi connectivity index (χ1n) is 4.90. The summed E-state index contributed by atoms with van der Waals surface area (Å²) in [5.74, 6) is -0.441. The molecule has 3 nitrogen and oxygen atoms in total. The minimum Gasteiger partial charge on any atom is -0.413 e. The molecule has 0 aliphatic rings. The molecule has 0 radical (unpaired) electrons. The van der Waals surface area contributed by atoms with Crippen LogP contribution in [0.5, 0.6) is 0 Å². The largest absolute Gasteiger partial charge is 0.413 e. The molecule has 0 saturated heterocycles. The average molecular weight is 216 g/mol. The Hall–Kier alpha value is -0.483. The smallest absolute Gasteiger partial charge is 0.184 e. The molecule has 0 rings (SSSR count). The van der Waals surface area contributed by atoms with Crippen LogP contribution in [0.4, 0.5) is 0 Å². The highest BCUT2D eigenvalue weighted by atomic mass is 28.4. The molecule has 0 spiro atoms. The van der Waals surface area contributed by atoms with Crippen LogP contribution >= 0.6 is 0 Å². The van der Waals surface area contributed by atoms with Crippen molar-refractivity contribution < 1.29 is 14.0 Å². The maximum atomic E-state index is 10.7. The van der Waals surface area contributed by atoms with E-state index >= 15 is 0 Å². The molecule has 1 unspecified atom stereocenters. The van der Waals surface area contributed by atoms with Crippen LogP contribution in [0.3, 0.4) is 0 Å². The molecule has 0 N–H and O–H groups in total. The fraction of sp³-hybridized carbons (Fsp3) is 0.800. The van der Waals surface area contributed by atoms with Gasteiger partial charge in [-0.25, -0.2) is 0 Å². The molecule has 0 saturated carbocycles. The van der Waals surface area contributed by atoms with Crippen molar-refractivity contribution in [2.45, 2.75) is 39.6 Å².